The molecule has 0 saturated carbocycles. The molecule has 1 amide bonds. The number of likely N-dealkylation sites (N-methyl/N-ethyl adjacent to an activating group) is 2. The number of aliphatic hydroxyl groups excluding tert-OH is 1. The van der Waals surface area contributed by atoms with Crippen molar-refractivity contribution in [3.8, 4) is 17.2 Å². The number of halogens is 1. The number of amides is 1. The summed E-state index contributed by atoms with van der Waals surface area (Å²) in [7, 11) is 5.37. The van der Waals surface area contributed by atoms with Gasteiger partial charge in [0.2, 0.25) is 6.79 Å². The fraction of sp³-hybridized carbons (Fsp3) is 0.400. The first-order valence-electron chi connectivity index (χ1n) is 13.8. The Balaban J connectivity index is 1.54. The smallest absolute Gasteiger partial charge is 0.415 e. The Bertz CT molecular complexity index is 1760. The third-order valence-corrected chi connectivity index (χ3v) is 7.79. The normalized spacial score (nSPS) is 12.4. The summed E-state index contributed by atoms with van der Waals surface area (Å²) < 4.78 is 23.6. The van der Waals surface area contributed by atoms with Crippen LogP contribution in [0.5, 0.6) is 17.2 Å². The summed E-state index contributed by atoms with van der Waals surface area (Å²) in [6.45, 7) is 0.787. The van der Waals surface area contributed by atoms with Crippen LogP contribution in [0.1, 0.15) is 18.4 Å². The van der Waals surface area contributed by atoms with Crippen LogP contribution in [0.25, 0.3) is 32.6 Å². The van der Waals surface area contributed by atoms with Crippen molar-refractivity contribution >= 4 is 60.6 Å². The second-order valence-corrected chi connectivity index (χ2v) is 11.3. The van der Waals surface area contributed by atoms with Gasteiger partial charge < -0.3 is 38.4 Å². The zero-order chi connectivity index (χ0) is 30.7. The summed E-state index contributed by atoms with van der Waals surface area (Å²) >= 11 is 3.27. The Hall–Kier alpha value is -3.94. The average Bonchev–Trinajstić information content (AvgIpc) is 3.45. The van der Waals surface area contributed by atoms with Gasteiger partial charge in [0, 0.05) is 60.5 Å². The van der Waals surface area contributed by atoms with Crippen LogP contribution in [0.4, 0.5) is 4.79 Å². The number of esters is 1. The summed E-state index contributed by atoms with van der Waals surface area (Å²) in [4.78, 5) is 46.6. The third kappa shape index (κ3) is 6.38. The summed E-state index contributed by atoms with van der Waals surface area (Å²) in [5, 5.41) is 13.2. The zero-order valence-corrected chi connectivity index (χ0v) is 25.8. The highest BCUT2D eigenvalue weighted by Gasteiger charge is 2.22. The van der Waals surface area contributed by atoms with E-state index in [1.54, 1.807) is 22.9 Å². The maximum Gasteiger partial charge on any atom is 0.415 e. The van der Waals surface area contributed by atoms with Gasteiger partial charge in [0.05, 0.1) is 29.6 Å². The second kappa shape index (κ2) is 13.1. The number of aromatic nitrogens is 2. The summed E-state index contributed by atoms with van der Waals surface area (Å²) in [6, 6.07) is 6.78. The monoisotopic (exact) mass is 656 g/mol. The number of nitrogens with zero attached hydrogens (tertiary/aromatic N) is 4. The molecule has 228 valence electrons. The zero-order valence-electron chi connectivity index (χ0n) is 24.2. The number of carbonyl (C=O) groups is 2. The fourth-order valence-electron chi connectivity index (χ4n) is 4.90. The molecule has 0 saturated heterocycles. The summed E-state index contributed by atoms with van der Waals surface area (Å²) in [6.07, 6.45) is 1.93. The Morgan fingerprint density at radius 1 is 1.05 bits per heavy atom. The molecule has 12 nitrogen and oxygen atoms in total. The molecule has 0 unspecified atom stereocenters. The molecule has 0 atom stereocenters. The summed E-state index contributed by atoms with van der Waals surface area (Å²) in [5.74, 6) is 0.885. The number of hydrogen-bond donors (Lipinski definition) is 1. The van der Waals surface area contributed by atoms with Crippen LogP contribution in [-0.4, -0.2) is 89.5 Å². The second-order valence-electron chi connectivity index (χ2n) is 10.5. The highest BCUT2D eigenvalue weighted by molar-refractivity contribution is 9.09. The molecular weight excluding hydrogens is 624 g/mol. The molecule has 0 spiro atoms. The minimum absolute atomic E-state index is 0.0151. The highest BCUT2D eigenvalue weighted by Crippen LogP contribution is 2.39. The third-order valence-electron chi connectivity index (χ3n) is 7.22. The van der Waals surface area contributed by atoms with E-state index < -0.39 is 12.7 Å². The van der Waals surface area contributed by atoms with Crippen molar-refractivity contribution in [3.63, 3.8) is 0 Å². The van der Waals surface area contributed by atoms with Gasteiger partial charge in [-0.25, -0.2) is 4.79 Å². The molecule has 0 fully saturated rings. The lowest BCUT2D eigenvalue weighted by Gasteiger charge is -2.20. The number of pyridine rings is 2. The van der Waals surface area contributed by atoms with E-state index in [1.807, 2.05) is 25.1 Å². The molecule has 3 heterocycles. The van der Waals surface area contributed by atoms with Crippen LogP contribution in [0, 0.1) is 0 Å². The van der Waals surface area contributed by atoms with E-state index >= 15 is 0 Å². The Kier molecular flexibility index (Phi) is 9.33. The largest absolute Gasteiger partial charge is 0.464 e. The molecule has 5 rings (SSSR count). The highest BCUT2D eigenvalue weighted by atomic mass is 79.9. The van der Waals surface area contributed by atoms with Crippen molar-refractivity contribution in [2.24, 2.45) is 0 Å². The number of carbonyl (C=O) groups excluding carboxylic acids is 2. The van der Waals surface area contributed by atoms with Gasteiger partial charge in [-0.1, -0.05) is 15.9 Å². The maximum absolute atomic E-state index is 14.1. The topological polar surface area (TPSA) is 133 Å². The van der Waals surface area contributed by atoms with E-state index in [9.17, 15) is 19.5 Å². The molecule has 2 aromatic heterocycles. The Morgan fingerprint density at radius 2 is 1.81 bits per heavy atom. The number of aliphatic hydroxyl groups is 1. The Labute approximate surface area is 255 Å². The van der Waals surface area contributed by atoms with Crippen molar-refractivity contribution in [2.75, 3.05) is 53.0 Å². The van der Waals surface area contributed by atoms with Gasteiger partial charge in [0.1, 0.15) is 12.4 Å². The number of fused-ring (bicyclic) bond motifs is 6. The van der Waals surface area contributed by atoms with Crippen LogP contribution >= 0.6 is 15.9 Å². The van der Waals surface area contributed by atoms with Crippen molar-refractivity contribution in [3.05, 3.63) is 46.4 Å². The molecule has 2 aromatic carbocycles. The number of ether oxygens (including phenoxy) is 4. The predicted molar refractivity (Wildman–Crippen MR) is 164 cm³/mol. The molecule has 1 aliphatic rings. The maximum atomic E-state index is 14.1. The van der Waals surface area contributed by atoms with E-state index in [0.717, 1.165) is 5.39 Å². The molecular formula is C30H33BrN4O8. The van der Waals surface area contributed by atoms with Gasteiger partial charge in [-0.2, -0.15) is 0 Å². The molecule has 1 aliphatic heterocycles. The van der Waals surface area contributed by atoms with Gasteiger partial charge in [0.15, 0.2) is 11.5 Å². The predicted octanol–water partition coefficient (Wildman–Crippen LogP) is 3.63. The number of rotatable bonds is 11. The Morgan fingerprint density at radius 3 is 2.53 bits per heavy atom. The minimum atomic E-state index is -0.719. The van der Waals surface area contributed by atoms with Crippen molar-refractivity contribution < 1.29 is 33.6 Å². The first-order chi connectivity index (χ1) is 20.7. The van der Waals surface area contributed by atoms with Crippen LogP contribution in [0.3, 0.4) is 0 Å². The molecule has 0 radical (unpaired) electrons. The van der Waals surface area contributed by atoms with Gasteiger partial charge in [0.25, 0.3) is 5.56 Å². The number of alkyl halides is 1. The van der Waals surface area contributed by atoms with E-state index in [-0.39, 0.29) is 43.6 Å². The van der Waals surface area contributed by atoms with Gasteiger partial charge in [-0.05, 0) is 44.1 Å². The van der Waals surface area contributed by atoms with Crippen LogP contribution < -0.4 is 19.8 Å². The van der Waals surface area contributed by atoms with Crippen LogP contribution in [0.2, 0.25) is 0 Å². The fourth-order valence-corrected chi connectivity index (χ4v) is 5.18. The van der Waals surface area contributed by atoms with Crippen LogP contribution in [0.15, 0.2) is 35.3 Å². The van der Waals surface area contributed by atoms with E-state index in [0.29, 0.717) is 69.1 Å². The first kappa shape index (κ1) is 30.5. The molecule has 43 heavy (non-hydrogen) atoms. The van der Waals surface area contributed by atoms with E-state index in [1.165, 1.54) is 18.0 Å². The molecule has 0 bridgehead atoms. The molecule has 13 heteroatoms. The average molecular weight is 658 g/mol. The minimum Gasteiger partial charge on any atom is -0.464 e. The van der Waals surface area contributed by atoms with Gasteiger partial charge >= 0.3 is 12.1 Å². The number of hydrogen-bond acceptors (Lipinski definition) is 10. The first-order valence-corrected chi connectivity index (χ1v) is 15.0. The van der Waals surface area contributed by atoms with Crippen LogP contribution in [-0.2, 0) is 22.7 Å². The molecule has 4 aromatic rings. The lowest BCUT2D eigenvalue weighted by molar-refractivity contribution is -0.143. The van der Waals surface area contributed by atoms with Gasteiger partial charge in [-0.15, -0.1) is 0 Å². The van der Waals surface area contributed by atoms with E-state index in [2.05, 4.69) is 20.9 Å². The van der Waals surface area contributed by atoms with Crippen molar-refractivity contribution in [1.29, 1.82) is 0 Å². The lowest BCUT2D eigenvalue weighted by Crippen LogP contribution is -2.33. The van der Waals surface area contributed by atoms with Gasteiger partial charge in [-0.3, -0.25) is 14.6 Å². The molecule has 1 N–H and O–H groups in total. The number of benzene rings is 2. The lowest BCUT2D eigenvalue weighted by atomic mass is 10.0. The SMILES string of the molecule is CN(C)CCn1c(=O)c2cc(OC(=O)N(C)CCOC(=O)CCCBr)c(CO)cc2c2cnc3cc4c(cc3c21)OCO4. The van der Waals surface area contributed by atoms with E-state index in [4.69, 9.17) is 18.9 Å². The standard InChI is InChI=1S/C30H33BrN4O8/c1-33(2)7-8-35-28-21-13-25-26(42-17-41-25)14-23(21)32-15-22(28)19-11-18(16-36)24(12-20(19)29(35)38)43-30(39)34(3)9-10-40-27(37)5-4-6-31/h11-15,36H,4-10,16-17H2,1-3H3. The van der Waals surface area contributed by atoms with Crippen molar-refractivity contribution in [2.45, 2.75) is 26.0 Å². The summed E-state index contributed by atoms with van der Waals surface area (Å²) in [5.41, 5.74) is 1.38. The molecule has 0 aliphatic carbocycles. The quantitative estimate of drug-likeness (QED) is 0.145. The van der Waals surface area contributed by atoms with Crippen molar-refractivity contribution in [1.82, 2.24) is 19.4 Å².